The van der Waals surface area contributed by atoms with E-state index in [1.165, 1.54) is 34.3 Å². The highest BCUT2D eigenvalue weighted by Crippen LogP contribution is 2.40. The van der Waals surface area contributed by atoms with Crippen molar-refractivity contribution in [3.05, 3.63) is 17.7 Å². The highest BCUT2D eigenvalue weighted by molar-refractivity contribution is 6.01. The van der Waals surface area contributed by atoms with E-state index >= 15 is 0 Å². The Morgan fingerprint density at radius 2 is 1.70 bits per heavy atom. The normalized spacial score (nSPS) is 11.6. The third kappa shape index (κ3) is 3.20. The van der Waals surface area contributed by atoms with Crippen molar-refractivity contribution in [1.29, 1.82) is 0 Å². The van der Waals surface area contributed by atoms with E-state index in [4.69, 9.17) is 19.3 Å². The fraction of sp³-hybridized carbons (Fsp3) is 0.429. The highest BCUT2D eigenvalue weighted by Gasteiger charge is 2.23. The van der Waals surface area contributed by atoms with Crippen LogP contribution in [0.4, 0.5) is 0 Å². The van der Waals surface area contributed by atoms with E-state index in [0.717, 1.165) is 0 Å². The minimum Gasteiger partial charge on any atom is -0.493 e. The van der Waals surface area contributed by atoms with Gasteiger partial charge in [0.2, 0.25) is 5.75 Å². The van der Waals surface area contributed by atoms with Gasteiger partial charge in [-0.15, -0.1) is 0 Å². The maximum atomic E-state index is 12.2. The van der Waals surface area contributed by atoms with Gasteiger partial charge < -0.3 is 19.3 Å². The number of hydrogen-bond acceptors (Lipinski definition) is 5. The molecule has 0 aliphatic rings. The number of Topliss-reactive ketones (excluding diaryl/α,β-unsaturated/α-hetero) is 1. The third-order valence-electron chi connectivity index (χ3n) is 2.92. The van der Waals surface area contributed by atoms with Gasteiger partial charge in [-0.2, -0.15) is 0 Å². The number of rotatable bonds is 7. The van der Waals surface area contributed by atoms with Gasteiger partial charge >= 0.3 is 5.97 Å². The molecule has 1 atom stereocenters. The van der Waals surface area contributed by atoms with Crippen LogP contribution < -0.4 is 14.2 Å². The van der Waals surface area contributed by atoms with Gasteiger partial charge in [-0.05, 0) is 12.1 Å². The van der Waals surface area contributed by atoms with Gasteiger partial charge in [0.25, 0.3) is 0 Å². The molecule has 0 bridgehead atoms. The smallest absolute Gasteiger partial charge is 0.306 e. The zero-order chi connectivity index (χ0) is 15.3. The van der Waals surface area contributed by atoms with Crippen LogP contribution in [0.15, 0.2) is 12.1 Å². The molecule has 0 radical (unpaired) electrons. The van der Waals surface area contributed by atoms with Gasteiger partial charge in [-0.25, -0.2) is 0 Å². The van der Waals surface area contributed by atoms with Crippen molar-refractivity contribution in [2.24, 2.45) is 5.92 Å². The van der Waals surface area contributed by atoms with Crippen LogP contribution in [-0.4, -0.2) is 38.2 Å². The second-order valence-corrected chi connectivity index (χ2v) is 4.25. The van der Waals surface area contributed by atoms with Crippen LogP contribution in [0.2, 0.25) is 0 Å². The van der Waals surface area contributed by atoms with E-state index < -0.39 is 11.9 Å². The number of ketones is 1. The number of methoxy groups -OCH3 is 3. The first kappa shape index (κ1) is 15.8. The second kappa shape index (κ2) is 6.79. The molecule has 0 saturated heterocycles. The summed E-state index contributed by atoms with van der Waals surface area (Å²) in [5, 5.41) is 8.86. The quantitative estimate of drug-likeness (QED) is 0.770. The number of aliphatic carboxylic acids is 1. The lowest BCUT2D eigenvalue weighted by Crippen LogP contribution is -2.15. The van der Waals surface area contributed by atoms with Gasteiger partial charge in [0, 0.05) is 6.42 Å². The third-order valence-corrected chi connectivity index (χ3v) is 2.92. The van der Waals surface area contributed by atoms with Crippen LogP contribution in [-0.2, 0) is 4.79 Å². The lowest BCUT2D eigenvalue weighted by Gasteiger charge is -2.15. The number of ether oxygens (including phenoxy) is 3. The molecule has 0 saturated carbocycles. The molecule has 6 nitrogen and oxygen atoms in total. The second-order valence-electron chi connectivity index (χ2n) is 4.25. The van der Waals surface area contributed by atoms with Crippen LogP contribution in [0.1, 0.15) is 23.7 Å². The average Bonchev–Trinajstić information content (AvgIpc) is 2.44. The van der Waals surface area contributed by atoms with Crippen molar-refractivity contribution in [2.75, 3.05) is 21.3 Å². The maximum Gasteiger partial charge on any atom is 0.306 e. The van der Waals surface area contributed by atoms with Gasteiger partial charge in [0.1, 0.15) is 0 Å². The summed E-state index contributed by atoms with van der Waals surface area (Å²) >= 11 is 0. The molecule has 20 heavy (non-hydrogen) atoms. The van der Waals surface area contributed by atoms with Crippen LogP contribution in [0.3, 0.4) is 0 Å². The topological polar surface area (TPSA) is 82.1 Å². The van der Waals surface area contributed by atoms with Crippen LogP contribution in [0.25, 0.3) is 0 Å². The summed E-state index contributed by atoms with van der Waals surface area (Å²) in [5.74, 6) is -1.11. The minimum atomic E-state index is -1.02. The van der Waals surface area contributed by atoms with E-state index in [1.807, 2.05) is 0 Å². The number of carboxylic acids is 1. The molecule has 6 heteroatoms. The number of carbonyl (C=O) groups excluding carboxylic acids is 1. The maximum absolute atomic E-state index is 12.2. The van der Waals surface area contributed by atoms with E-state index in [1.54, 1.807) is 6.07 Å². The SMILES string of the molecule is COc1ccc(C(=O)CC(C)C(=O)O)c(OC)c1OC. The Bertz CT molecular complexity index is 509. The fourth-order valence-corrected chi connectivity index (χ4v) is 1.80. The molecule has 0 fully saturated rings. The Balaban J connectivity index is 3.18. The molecule has 0 spiro atoms. The molecular weight excluding hydrogens is 264 g/mol. The molecule has 0 heterocycles. The van der Waals surface area contributed by atoms with Gasteiger partial charge in [0.05, 0.1) is 32.8 Å². The van der Waals surface area contributed by atoms with Crippen molar-refractivity contribution in [2.45, 2.75) is 13.3 Å². The van der Waals surface area contributed by atoms with Crippen molar-refractivity contribution < 1.29 is 28.9 Å². The average molecular weight is 282 g/mol. The predicted molar refractivity (Wildman–Crippen MR) is 71.8 cm³/mol. The van der Waals surface area contributed by atoms with Crippen LogP contribution in [0, 0.1) is 5.92 Å². The summed E-state index contributed by atoms with van der Waals surface area (Å²) in [4.78, 5) is 23.0. The first-order valence-corrected chi connectivity index (χ1v) is 6.01. The van der Waals surface area contributed by atoms with E-state index in [-0.39, 0.29) is 23.5 Å². The zero-order valence-electron chi connectivity index (χ0n) is 11.9. The van der Waals surface area contributed by atoms with Crippen LogP contribution >= 0.6 is 0 Å². The molecule has 0 aliphatic carbocycles. The lowest BCUT2D eigenvalue weighted by molar-refractivity contribution is -0.141. The number of hydrogen-bond donors (Lipinski definition) is 1. The van der Waals surface area contributed by atoms with Gasteiger partial charge in [0.15, 0.2) is 17.3 Å². The monoisotopic (exact) mass is 282 g/mol. The number of carbonyl (C=O) groups is 2. The first-order chi connectivity index (χ1) is 9.46. The Labute approximate surface area is 117 Å². The highest BCUT2D eigenvalue weighted by atomic mass is 16.5. The minimum absolute atomic E-state index is 0.110. The Morgan fingerprint density at radius 1 is 1.10 bits per heavy atom. The van der Waals surface area contributed by atoms with Crippen molar-refractivity contribution in [1.82, 2.24) is 0 Å². The van der Waals surface area contributed by atoms with Crippen molar-refractivity contribution in [3.63, 3.8) is 0 Å². The summed E-state index contributed by atoms with van der Waals surface area (Å²) in [6.45, 7) is 1.48. The summed E-state index contributed by atoms with van der Waals surface area (Å²) < 4.78 is 15.5. The lowest BCUT2D eigenvalue weighted by atomic mass is 9.98. The summed E-state index contributed by atoms with van der Waals surface area (Å²) in [7, 11) is 4.33. The Morgan fingerprint density at radius 3 is 2.15 bits per heavy atom. The Hall–Kier alpha value is -2.24. The summed E-state index contributed by atoms with van der Waals surface area (Å²) in [5.41, 5.74) is 0.276. The standard InChI is InChI=1S/C14H18O6/c1-8(14(16)17)7-10(15)9-5-6-11(18-2)13(20-4)12(9)19-3/h5-6,8H,7H2,1-4H3,(H,16,17). The molecular formula is C14H18O6. The molecule has 0 aliphatic heterocycles. The van der Waals surface area contributed by atoms with Gasteiger partial charge in [-0.1, -0.05) is 6.92 Å². The molecule has 110 valence electrons. The molecule has 0 aromatic heterocycles. The van der Waals surface area contributed by atoms with E-state index in [9.17, 15) is 9.59 Å². The van der Waals surface area contributed by atoms with Crippen molar-refractivity contribution >= 4 is 11.8 Å². The molecule has 1 unspecified atom stereocenters. The summed E-state index contributed by atoms with van der Waals surface area (Å²) in [6.07, 6.45) is -0.110. The Kier molecular flexibility index (Phi) is 5.37. The van der Waals surface area contributed by atoms with Gasteiger partial charge in [-0.3, -0.25) is 9.59 Å². The molecule has 0 amide bonds. The number of benzene rings is 1. The molecule has 1 rings (SSSR count). The van der Waals surface area contributed by atoms with Crippen LogP contribution in [0.5, 0.6) is 17.2 Å². The summed E-state index contributed by atoms with van der Waals surface area (Å²) in [6, 6.07) is 3.12. The first-order valence-electron chi connectivity index (χ1n) is 6.01. The number of carboxylic acid groups (broad SMARTS) is 1. The molecule has 1 aromatic rings. The van der Waals surface area contributed by atoms with E-state index in [2.05, 4.69) is 0 Å². The van der Waals surface area contributed by atoms with E-state index in [0.29, 0.717) is 11.5 Å². The fourth-order valence-electron chi connectivity index (χ4n) is 1.80. The predicted octanol–water partition coefficient (Wildman–Crippen LogP) is 2.01. The largest absolute Gasteiger partial charge is 0.493 e. The zero-order valence-corrected chi connectivity index (χ0v) is 11.9. The molecule has 1 aromatic carbocycles. The van der Waals surface area contributed by atoms with Crippen molar-refractivity contribution in [3.8, 4) is 17.2 Å². The molecule has 1 N–H and O–H groups in total.